The number of amides is 1. The molecule has 3 heterocycles. The minimum absolute atomic E-state index is 0.0143. The molecule has 1 aliphatic rings. The molecular formula is C20H23N7O3. The summed E-state index contributed by atoms with van der Waals surface area (Å²) in [4.78, 5) is 20.3. The van der Waals surface area contributed by atoms with Crippen LogP contribution in [0.3, 0.4) is 0 Å². The van der Waals surface area contributed by atoms with Gasteiger partial charge in [-0.3, -0.25) is 4.79 Å². The van der Waals surface area contributed by atoms with Crippen LogP contribution in [0.15, 0.2) is 49.1 Å². The van der Waals surface area contributed by atoms with E-state index in [9.17, 15) is 4.79 Å². The second-order valence-electron chi connectivity index (χ2n) is 6.65. The zero-order valence-electron chi connectivity index (χ0n) is 16.7. The van der Waals surface area contributed by atoms with Crippen molar-refractivity contribution in [2.75, 3.05) is 44.3 Å². The Labute approximate surface area is 174 Å². The number of benzene rings is 1. The molecule has 156 valence electrons. The summed E-state index contributed by atoms with van der Waals surface area (Å²) in [5.41, 5.74) is 0. The fourth-order valence-corrected chi connectivity index (χ4v) is 3.16. The third-order valence-corrected chi connectivity index (χ3v) is 4.74. The van der Waals surface area contributed by atoms with Gasteiger partial charge in [-0.15, -0.1) is 10.2 Å². The summed E-state index contributed by atoms with van der Waals surface area (Å²) in [6.07, 6.45) is 3.02. The van der Waals surface area contributed by atoms with Crippen LogP contribution in [0.2, 0.25) is 0 Å². The second kappa shape index (κ2) is 9.21. The lowest BCUT2D eigenvalue weighted by Gasteiger charge is -2.35. The van der Waals surface area contributed by atoms with E-state index in [2.05, 4.69) is 25.2 Å². The Kier molecular flexibility index (Phi) is 6.02. The molecule has 0 atom stereocenters. The number of carbonyl (C=O) groups excluding carboxylic acids is 1. The molecule has 4 rings (SSSR count). The monoisotopic (exact) mass is 409 g/mol. The molecule has 0 saturated carbocycles. The zero-order valence-corrected chi connectivity index (χ0v) is 16.7. The second-order valence-corrected chi connectivity index (χ2v) is 6.65. The van der Waals surface area contributed by atoms with Crippen molar-refractivity contribution < 1.29 is 14.3 Å². The minimum Gasteiger partial charge on any atom is -0.494 e. The summed E-state index contributed by atoms with van der Waals surface area (Å²) in [5, 5.41) is 12.5. The van der Waals surface area contributed by atoms with E-state index in [-0.39, 0.29) is 12.5 Å². The van der Waals surface area contributed by atoms with Gasteiger partial charge in [0.2, 0.25) is 0 Å². The van der Waals surface area contributed by atoms with Gasteiger partial charge in [-0.1, -0.05) is 0 Å². The average molecular weight is 409 g/mol. The highest BCUT2D eigenvalue weighted by atomic mass is 16.5. The van der Waals surface area contributed by atoms with Gasteiger partial charge in [0.1, 0.15) is 24.2 Å². The van der Waals surface area contributed by atoms with Gasteiger partial charge in [-0.25, -0.2) is 9.67 Å². The van der Waals surface area contributed by atoms with Crippen molar-refractivity contribution in [1.29, 1.82) is 0 Å². The van der Waals surface area contributed by atoms with Gasteiger partial charge in [0.15, 0.2) is 18.2 Å². The molecule has 1 amide bonds. The predicted octanol–water partition coefficient (Wildman–Crippen LogP) is 1.18. The smallest absolute Gasteiger partial charge is 0.260 e. The normalized spacial score (nSPS) is 13.9. The van der Waals surface area contributed by atoms with Gasteiger partial charge < -0.3 is 19.3 Å². The number of piperazine rings is 1. The first-order valence-electron chi connectivity index (χ1n) is 9.80. The molecule has 10 nitrogen and oxygen atoms in total. The van der Waals surface area contributed by atoms with E-state index < -0.39 is 0 Å². The summed E-state index contributed by atoms with van der Waals surface area (Å²) in [5.74, 6) is 2.78. The van der Waals surface area contributed by atoms with E-state index in [1.54, 1.807) is 23.1 Å². The van der Waals surface area contributed by atoms with Crippen LogP contribution >= 0.6 is 0 Å². The van der Waals surface area contributed by atoms with Crippen molar-refractivity contribution in [2.45, 2.75) is 6.92 Å². The van der Waals surface area contributed by atoms with Crippen LogP contribution < -0.4 is 14.4 Å². The Bertz CT molecular complexity index is 938. The average Bonchev–Trinajstić information content (AvgIpc) is 3.34. The number of carbonyl (C=O) groups is 1. The van der Waals surface area contributed by atoms with Crippen molar-refractivity contribution >= 4 is 11.7 Å². The van der Waals surface area contributed by atoms with E-state index >= 15 is 0 Å². The molecule has 0 bridgehead atoms. The number of hydrogen-bond donors (Lipinski definition) is 0. The van der Waals surface area contributed by atoms with E-state index in [0.717, 1.165) is 11.6 Å². The maximum Gasteiger partial charge on any atom is 0.260 e. The summed E-state index contributed by atoms with van der Waals surface area (Å²) in [6, 6.07) is 11.0. The van der Waals surface area contributed by atoms with Gasteiger partial charge in [0.25, 0.3) is 5.91 Å². The van der Waals surface area contributed by atoms with Crippen molar-refractivity contribution in [3.8, 4) is 17.3 Å². The first kappa shape index (κ1) is 19.6. The summed E-state index contributed by atoms with van der Waals surface area (Å²) in [6.45, 7) is 5.15. The molecule has 1 aliphatic heterocycles. The van der Waals surface area contributed by atoms with Crippen molar-refractivity contribution in [3.63, 3.8) is 0 Å². The first-order chi connectivity index (χ1) is 14.7. The third-order valence-electron chi connectivity index (χ3n) is 4.74. The maximum atomic E-state index is 12.5. The Hall–Kier alpha value is -3.69. The Morgan fingerprint density at radius 1 is 0.933 bits per heavy atom. The number of anilines is 1. The molecule has 2 aromatic heterocycles. The van der Waals surface area contributed by atoms with Crippen molar-refractivity contribution in [3.05, 3.63) is 49.1 Å². The zero-order chi connectivity index (χ0) is 20.8. The van der Waals surface area contributed by atoms with E-state index in [4.69, 9.17) is 9.47 Å². The number of hydrogen-bond acceptors (Lipinski definition) is 8. The standard InChI is InChI=1S/C20H23N7O3/c1-2-29-16-3-5-17(6-4-16)30-13-20(28)26-11-9-25(10-12-26)18-7-8-19(24-23-18)27-15-21-14-22-27/h3-8,14-15H,2,9-13H2,1H3. The quantitative estimate of drug-likeness (QED) is 0.574. The van der Waals surface area contributed by atoms with Crippen LogP contribution in [0.25, 0.3) is 5.82 Å². The van der Waals surface area contributed by atoms with Gasteiger partial charge in [-0.05, 0) is 43.3 Å². The lowest BCUT2D eigenvalue weighted by atomic mass is 10.3. The molecule has 3 aromatic rings. The fourth-order valence-electron chi connectivity index (χ4n) is 3.16. The highest BCUT2D eigenvalue weighted by molar-refractivity contribution is 5.78. The summed E-state index contributed by atoms with van der Waals surface area (Å²) in [7, 11) is 0. The van der Waals surface area contributed by atoms with Crippen LogP contribution in [0.4, 0.5) is 5.82 Å². The SMILES string of the molecule is CCOc1ccc(OCC(=O)N2CCN(c3ccc(-n4cncn4)nn3)CC2)cc1. The van der Waals surface area contributed by atoms with Crippen molar-refractivity contribution in [2.24, 2.45) is 0 Å². The van der Waals surface area contributed by atoms with Crippen molar-refractivity contribution in [1.82, 2.24) is 29.9 Å². The summed E-state index contributed by atoms with van der Waals surface area (Å²) < 4.78 is 12.6. The van der Waals surface area contributed by atoms with Gasteiger partial charge in [0.05, 0.1) is 6.61 Å². The molecule has 10 heteroatoms. The molecule has 1 aromatic carbocycles. The number of ether oxygens (including phenoxy) is 2. The molecule has 0 N–H and O–H groups in total. The number of aromatic nitrogens is 5. The van der Waals surface area contributed by atoms with Crippen LogP contribution in [0.5, 0.6) is 11.5 Å². The number of nitrogens with zero attached hydrogens (tertiary/aromatic N) is 7. The Morgan fingerprint density at radius 2 is 1.60 bits per heavy atom. The van der Waals surface area contributed by atoms with Gasteiger partial charge in [-0.2, -0.15) is 5.10 Å². The third kappa shape index (κ3) is 4.65. The molecule has 0 aliphatic carbocycles. The van der Waals surface area contributed by atoms with Gasteiger partial charge >= 0.3 is 0 Å². The molecular weight excluding hydrogens is 386 g/mol. The maximum absolute atomic E-state index is 12.5. The van der Waals surface area contributed by atoms with Crippen LogP contribution in [0.1, 0.15) is 6.92 Å². The predicted molar refractivity (Wildman–Crippen MR) is 109 cm³/mol. The highest BCUT2D eigenvalue weighted by Gasteiger charge is 2.22. The molecule has 0 unspecified atom stereocenters. The molecule has 0 radical (unpaired) electrons. The largest absolute Gasteiger partial charge is 0.494 e. The van der Waals surface area contributed by atoms with Crippen LogP contribution in [-0.4, -0.2) is 75.2 Å². The van der Waals surface area contributed by atoms with Crippen LogP contribution in [-0.2, 0) is 4.79 Å². The van der Waals surface area contributed by atoms with Gasteiger partial charge in [0, 0.05) is 26.2 Å². The minimum atomic E-state index is -0.0313. The first-order valence-corrected chi connectivity index (χ1v) is 9.80. The molecule has 0 spiro atoms. The molecule has 30 heavy (non-hydrogen) atoms. The Morgan fingerprint density at radius 3 is 2.20 bits per heavy atom. The van der Waals surface area contributed by atoms with E-state index in [0.29, 0.717) is 44.4 Å². The highest BCUT2D eigenvalue weighted by Crippen LogP contribution is 2.18. The lowest BCUT2D eigenvalue weighted by molar-refractivity contribution is -0.133. The fraction of sp³-hybridized carbons (Fsp3) is 0.350. The van der Waals surface area contributed by atoms with E-state index in [1.807, 2.05) is 36.1 Å². The lowest BCUT2D eigenvalue weighted by Crippen LogP contribution is -2.50. The van der Waals surface area contributed by atoms with E-state index in [1.165, 1.54) is 6.33 Å². The topological polar surface area (TPSA) is 98.5 Å². The summed E-state index contributed by atoms with van der Waals surface area (Å²) >= 11 is 0. The van der Waals surface area contributed by atoms with Crippen LogP contribution in [0, 0.1) is 0 Å². The number of rotatable bonds is 7. The molecule has 1 fully saturated rings. The molecule has 1 saturated heterocycles. The Balaban J connectivity index is 1.25.